The van der Waals surface area contributed by atoms with Crippen molar-refractivity contribution in [2.75, 3.05) is 13.2 Å². The first-order valence-corrected chi connectivity index (χ1v) is 12.5. The Morgan fingerprint density at radius 1 is 1.00 bits per heavy atom. The number of aliphatic hydroxyl groups excluding tert-OH is 4. The lowest BCUT2D eigenvalue weighted by Crippen LogP contribution is -2.55. The van der Waals surface area contributed by atoms with Crippen LogP contribution in [-0.2, 0) is 20.5 Å². The van der Waals surface area contributed by atoms with Crippen molar-refractivity contribution in [1.82, 2.24) is 20.6 Å². The summed E-state index contributed by atoms with van der Waals surface area (Å²) >= 11 is 0. The van der Waals surface area contributed by atoms with E-state index in [0.717, 1.165) is 5.56 Å². The molecule has 3 rings (SSSR count). The first kappa shape index (κ1) is 29.6. The van der Waals surface area contributed by atoms with E-state index in [9.17, 15) is 30.0 Å². The highest BCUT2D eigenvalue weighted by molar-refractivity contribution is 6.47. The summed E-state index contributed by atoms with van der Waals surface area (Å²) < 4.78 is 11.7. The number of rotatable bonds is 13. The lowest BCUT2D eigenvalue weighted by atomic mass is 9.74. The van der Waals surface area contributed by atoms with E-state index in [-0.39, 0.29) is 18.0 Å². The van der Waals surface area contributed by atoms with E-state index in [1.165, 1.54) is 18.6 Å². The van der Waals surface area contributed by atoms with Gasteiger partial charge in [-0.05, 0) is 17.9 Å². The molecule has 2 heterocycles. The molecule has 6 atom stereocenters. The Hall–Kier alpha value is -2.94. The summed E-state index contributed by atoms with van der Waals surface area (Å²) in [7, 11) is -1.09. The van der Waals surface area contributed by atoms with Gasteiger partial charge in [0, 0.05) is 18.8 Å². The van der Waals surface area contributed by atoms with Crippen molar-refractivity contribution in [3.8, 4) is 0 Å². The zero-order valence-corrected chi connectivity index (χ0v) is 21.4. The van der Waals surface area contributed by atoms with Gasteiger partial charge in [-0.25, -0.2) is 4.98 Å². The topological polar surface area (TPSA) is 183 Å². The number of carbonyl (C=O) groups is 2. The molecule has 0 radical (unpaired) electrons. The number of aliphatic hydroxyl groups is 4. The van der Waals surface area contributed by atoms with E-state index in [1.54, 1.807) is 0 Å². The second-order valence-corrected chi connectivity index (χ2v) is 9.62. The second-order valence-electron chi connectivity index (χ2n) is 9.62. The summed E-state index contributed by atoms with van der Waals surface area (Å²) in [4.78, 5) is 34.3. The van der Waals surface area contributed by atoms with E-state index < -0.39 is 68.5 Å². The fourth-order valence-electron chi connectivity index (χ4n) is 4.25. The quantitative estimate of drug-likeness (QED) is 0.173. The molecule has 38 heavy (non-hydrogen) atoms. The molecule has 0 spiro atoms. The molecule has 206 valence electrons. The van der Waals surface area contributed by atoms with Crippen LogP contribution in [0.1, 0.15) is 36.3 Å². The third-order valence-corrected chi connectivity index (χ3v) is 6.12. The van der Waals surface area contributed by atoms with E-state index in [4.69, 9.17) is 9.31 Å². The number of nitrogens with one attached hydrogen (secondary N) is 2. The lowest BCUT2D eigenvalue weighted by molar-refractivity contribution is -0.123. The Bertz CT molecular complexity index is 1000. The molecule has 1 aliphatic rings. The van der Waals surface area contributed by atoms with Crippen molar-refractivity contribution in [1.29, 1.82) is 0 Å². The van der Waals surface area contributed by atoms with Crippen LogP contribution in [0.4, 0.5) is 0 Å². The van der Waals surface area contributed by atoms with Crippen LogP contribution in [0.5, 0.6) is 0 Å². The average Bonchev–Trinajstić information content (AvgIpc) is 3.38. The Labute approximate surface area is 221 Å². The Balaban J connectivity index is 1.81. The molecule has 1 aliphatic heterocycles. The first-order chi connectivity index (χ1) is 18.2. The van der Waals surface area contributed by atoms with Crippen LogP contribution >= 0.6 is 0 Å². The van der Waals surface area contributed by atoms with Crippen molar-refractivity contribution >= 4 is 18.9 Å². The summed E-state index contributed by atoms with van der Waals surface area (Å²) in [6, 6.07) is 8.20. The molecule has 1 saturated heterocycles. The molecule has 2 aromatic rings. The number of benzene rings is 1. The summed E-state index contributed by atoms with van der Waals surface area (Å²) in [5, 5.41) is 44.9. The molecule has 12 nitrogen and oxygen atoms in total. The van der Waals surface area contributed by atoms with Crippen LogP contribution in [0, 0.1) is 5.92 Å². The summed E-state index contributed by atoms with van der Waals surface area (Å²) in [6.45, 7) is 2.57. The maximum atomic E-state index is 13.6. The van der Waals surface area contributed by atoms with Crippen molar-refractivity contribution in [2.24, 2.45) is 5.92 Å². The van der Waals surface area contributed by atoms with Gasteiger partial charge in [-0.3, -0.25) is 14.6 Å². The van der Waals surface area contributed by atoms with Crippen molar-refractivity contribution in [2.45, 2.75) is 63.1 Å². The largest absolute Gasteiger partial charge is 0.481 e. The molecule has 6 unspecified atom stereocenters. The Kier molecular flexibility index (Phi) is 11.1. The van der Waals surface area contributed by atoms with Gasteiger partial charge in [0.1, 0.15) is 23.9 Å². The van der Waals surface area contributed by atoms with Gasteiger partial charge in [0.2, 0.25) is 5.91 Å². The minimum absolute atomic E-state index is 0.0567. The second kappa shape index (κ2) is 14.3. The van der Waals surface area contributed by atoms with Crippen LogP contribution in [0.2, 0.25) is 0 Å². The molecular weight excluding hydrogens is 495 g/mol. The SMILES string of the molecule is CC(C)CC(NC(=O)C(Cc1ccccc1)NC(=O)c1cnccn1)B1OC(C(O)CO)C(C(O)CO)O1. The average molecular weight is 530 g/mol. The number of nitrogens with zero attached hydrogens (tertiary/aromatic N) is 2. The number of carbonyl (C=O) groups excluding carboxylic acids is 2. The maximum Gasteiger partial charge on any atom is 0.481 e. The van der Waals surface area contributed by atoms with Gasteiger partial charge in [-0.1, -0.05) is 44.2 Å². The highest BCUT2D eigenvalue weighted by Crippen LogP contribution is 2.26. The fraction of sp³-hybridized carbons (Fsp3) is 0.520. The zero-order valence-electron chi connectivity index (χ0n) is 21.4. The molecular formula is C25H35BN4O8. The van der Waals surface area contributed by atoms with Gasteiger partial charge in [-0.15, -0.1) is 0 Å². The van der Waals surface area contributed by atoms with Crippen LogP contribution in [-0.4, -0.2) is 98.9 Å². The predicted molar refractivity (Wildman–Crippen MR) is 137 cm³/mol. The van der Waals surface area contributed by atoms with Gasteiger partial charge in [-0.2, -0.15) is 0 Å². The van der Waals surface area contributed by atoms with Crippen molar-refractivity contribution in [3.63, 3.8) is 0 Å². The fourth-order valence-corrected chi connectivity index (χ4v) is 4.25. The third kappa shape index (κ3) is 8.03. The van der Waals surface area contributed by atoms with Crippen LogP contribution < -0.4 is 10.6 Å². The molecule has 6 N–H and O–H groups in total. The normalized spacial score (nSPS) is 20.6. The Morgan fingerprint density at radius 2 is 1.63 bits per heavy atom. The van der Waals surface area contributed by atoms with Gasteiger partial charge < -0.3 is 40.4 Å². The van der Waals surface area contributed by atoms with E-state index in [2.05, 4.69) is 20.6 Å². The summed E-state index contributed by atoms with van der Waals surface area (Å²) in [6.07, 6.45) is -0.307. The smallest absolute Gasteiger partial charge is 0.401 e. The Morgan fingerprint density at radius 3 is 2.16 bits per heavy atom. The summed E-state index contributed by atoms with van der Waals surface area (Å²) in [5.74, 6) is -1.73. The highest BCUT2D eigenvalue weighted by atomic mass is 16.7. The summed E-state index contributed by atoms with van der Waals surface area (Å²) in [5.41, 5.74) is 0.874. The monoisotopic (exact) mass is 530 g/mol. The molecule has 0 bridgehead atoms. The highest BCUT2D eigenvalue weighted by Gasteiger charge is 2.50. The minimum atomic E-state index is -1.38. The molecule has 2 amide bonds. The molecule has 1 aromatic heterocycles. The number of hydrogen-bond donors (Lipinski definition) is 6. The van der Waals surface area contributed by atoms with Crippen molar-refractivity contribution in [3.05, 3.63) is 60.2 Å². The zero-order chi connectivity index (χ0) is 27.7. The maximum absolute atomic E-state index is 13.6. The van der Waals surface area contributed by atoms with Crippen LogP contribution in [0.25, 0.3) is 0 Å². The van der Waals surface area contributed by atoms with Gasteiger partial charge >= 0.3 is 7.12 Å². The molecule has 1 fully saturated rings. The number of amides is 2. The molecule has 1 aromatic carbocycles. The van der Waals surface area contributed by atoms with Crippen LogP contribution in [0.15, 0.2) is 48.9 Å². The van der Waals surface area contributed by atoms with Gasteiger partial charge in [0.15, 0.2) is 0 Å². The third-order valence-electron chi connectivity index (χ3n) is 6.12. The molecule has 0 aliphatic carbocycles. The van der Waals surface area contributed by atoms with Gasteiger partial charge in [0.05, 0.1) is 37.6 Å². The van der Waals surface area contributed by atoms with Gasteiger partial charge in [0.25, 0.3) is 5.91 Å². The lowest BCUT2D eigenvalue weighted by Gasteiger charge is -2.26. The van der Waals surface area contributed by atoms with E-state index in [0.29, 0.717) is 6.42 Å². The standard InChI is InChI=1S/C25H35BN4O8/c1-15(2)10-21(26-37-22(19(33)13-31)23(38-26)20(34)14-32)30-24(35)17(11-16-6-4-3-5-7-16)29-25(36)18-12-27-8-9-28-18/h3-9,12,15,17,19-23,31-34H,10-11,13-14H2,1-2H3,(H,29,36)(H,30,35). The van der Waals surface area contributed by atoms with E-state index in [1.807, 2.05) is 44.2 Å². The van der Waals surface area contributed by atoms with Crippen LogP contribution in [0.3, 0.4) is 0 Å². The minimum Gasteiger partial charge on any atom is -0.401 e. The van der Waals surface area contributed by atoms with Crippen molar-refractivity contribution < 1.29 is 39.3 Å². The molecule has 0 saturated carbocycles. The number of hydrogen-bond acceptors (Lipinski definition) is 10. The number of aromatic nitrogens is 2. The predicted octanol–water partition coefficient (Wildman–Crippen LogP) is -1.13. The molecule has 13 heteroatoms. The van der Waals surface area contributed by atoms with E-state index >= 15 is 0 Å². The first-order valence-electron chi connectivity index (χ1n) is 12.5.